The van der Waals surface area contributed by atoms with Crippen LogP contribution >= 0.6 is 0 Å². The lowest BCUT2D eigenvalue weighted by Gasteiger charge is -2.17. The zero-order chi connectivity index (χ0) is 12.8. The highest BCUT2D eigenvalue weighted by Gasteiger charge is 2.04. The Kier molecular flexibility index (Phi) is 4.30. The number of nitrogens with zero attached hydrogens (tertiary/aromatic N) is 4. The molecule has 2 aromatic rings. The summed E-state index contributed by atoms with van der Waals surface area (Å²) < 4.78 is 1.95. The van der Waals surface area contributed by atoms with Crippen LogP contribution in [0.1, 0.15) is 12.0 Å². The van der Waals surface area contributed by atoms with Crippen LogP contribution in [0.4, 0.5) is 5.82 Å². The topological polar surface area (TPSA) is 60.0 Å². The molecular weight excluding hydrogens is 226 g/mol. The molecule has 0 amide bonds. The molecule has 5 heteroatoms. The van der Waals surface area contributed by atoms with Crippen molar-refractivity contribution in [2.75, 3.05) is 19.3 Å². The van der Waals surface area contributed by atoms with E-state index in [4.69, 9.17) is 5.73 Å². The molecule has 0 saturated carbocycles. The summed E-state index contributed by atoms with van der Waals surface area (Å²) in [7, 11) is 2.09. The van der Waals surface area contributed by atoms with Gasteiger partial charge in [0.1, 0.15) is 5.82 Å². The normalized spacial score (nSPS) is 11.0. The van der Waals surface area contributed by atoms with Crippen LogP contribution in [0.3, 0.4) is 0 Å². The van der Waals surface area contributed by atoms with Crippen molar-refractivity contribution >= 4 is 5.82 Å². The predicted molar refractivity (Wildman–Crippen MR) is 71.8 cm³/mol. The van der Waals surface area contributed by atoms with Crippen molar-refractivity contribution in [2.45, 2.75) is 19.5 Å². The number of hydrogen-bond acceptors (Lipinski definition) is 4. The van der Waals surface area contributed by atoms with Gasteiger partial charge < -0.3 is 10.6 Å². The second-order valence-electron chi connectivity index (χ2n) is 4.41. The van der Waals surface area contributed by atoms with Crippen LogP contribution in [0.25, 0.3) is 0 Å². The Hall–Kier alpha value is -1.88. The number of hydrogen-bond donors (Lipinski definition) is 1. The quantitative estimate of drug-likeness (QED) is 0.835. The summed E-state index contributed by atoms with van der Waals surface area (Å²) in [5, 5.41) is 4.18. The van der Waals surface area contributed by atoms with Gasteiger partial charge in [0.25, 0.3) is 0 Å². The average molecular weight is 245 g/mol. The summed E-state index contributed by atoms with van der Waals surface area (Å²) in [6.07, 6.45) is 6.58. The molecule has 0 spiro atoms. The SMILES string of the molecule is CN(CCCn1cccn1)Cc1cccnc1N. The van der Waals surface area contributed by atoms with E-state index in [2.05, 4.69) is 22.0 Å². The largest absolute Gasteiger partial charge is 0.383 e. The molecule has 5 nitrogen and oxygen atoms in total. The van der Waals surface area contributed by atoms with Crippen molar-refractivity contribution in [2.24, 2.45) is 0 Å². The van der Waals surface area contributed by atoms with Crippen LogP contribution in [-0.4, -0.2) is 33.3 Å². The number of aromatic nitrogens is 3. The Morgan fingerprint density at radius 3 is 2.94 bits per heavy atom. The molecule has 0 saturated heterocycles. The molecule has 2 heterocycles. The maximum Gasteiger partial charge on any atom is 0.127 e. The number of nitrogens with two attached hydrogens (primary N) is 1. The van der Waals surface area contributed by atoms with Gasteiger partial charge in [-0.1, -0.05) is 6.07 Å². The van der Waals surface area contributed by atoms with Gasteiger partial charge in [0, 0.05) is 37.2 Å². The predicted octanol–water partition coefficient (Wildman–Crippen LogP) is 1.38. The summed E-state index contributed by atoms with van der Waals surface area (Å²) in [5.74, 6) is 0.622. The first-order chi connectivity index (χ1) is 8.75. The fraction of sp³-hybridized carbons (Fsp3) is 0.385. The maximum atomic E-state index is 5.82. The van der Waals surface area contributed by atoms with Crippen molar-refractivity contribution in [1.82, 2.24) is 19.7 Å². The minimum Gasteiger partial charge on any atom is -0.383 e. The lowest BCUT2D eigenvalue weighted by atomic mass is 10.2. The molecule has 2 N–H and O–H groups in total. The zero-order valence-electron chi connectivity index (χ0n) is 10.7. The molecular formula is C13H19N5. The van der Waals surface area contributed by atoms with Crippen molar-refractivity contribution in [3.8, 4) is 0 Å². The van der Waals surface area contributed by atoms with E-state index in [1.54, 1.807) is 12.4 Å². The Labute approximate surface area is 107 Å². The third-order valence-corrected chi connectivity index (χ3v) is 2.85. The van der Waals surface area contributed by atoms with Gasteiger partial charge in [0.05, 0.1) is 0 Å². The van der Waals surface area contributed by atoms with Gasteiger partial charge in [-0.05, 0) is 32.1 Å². The average Bonchev–Trinajstić information content (AvgIpc) is 2.85. The van der Waals surface area contributed by atoms with Crippen molar-refractivity contribution < 1.29 is 0 Å². The van der Waals surface area contributed by atoms with Gasteiger partial charge in [-0.3, -0.25) is 4.68 Å². The number of anilines is 1. The summed E-state index contributed by atoms with van der Waals surface area (Å²) in [6.45, 7) is 2.78. The lowest BCUT2D eigenvalue weighted by molar-refractivity contribution is 0.311. The Balaban J connectivity index is 1.75. The molecule has 0 radical (unpaired) electrons. The van der Waals surface area contributed by atoms with Crippen molar-refractivity contribution in [3.05, 3.63) is 42.4 Å². The fourth-order valence-electron chi connectivity index (χ4n) is 1.89. The number of aryl methyl sites for hydroxylation is 1. The van der Waals surface area contributed by atoms with E-state index in [9.17, 15) is 0 Å². The third kappa shape index (κ3) is 3.56. The van der Waals surface area contributed by atoms with E-state index in [0.29, 0.717) is 5.82 Å². The van der Waals surface area contributed by atoms with Crippen molar-refractivity contribution in [1.29, 1.82) is 0 Å². The van der Waals surface area contributed by atoms with Crippen LogP contribution in [-0.2, 0) is 13.1 Å². The first-order valence-electron chi connectivity index (χ1n) is 6.11. The molecule has 0 aliphatic heterocycles. The monoisotopic (exact) mass is 245 g/mol. The van der Waals surface area contributed by atoms with Gasteiger partial charge in [-0.25, -0.2) is 4.98 Å². The highest BCUT2D eigenvalue weighted by Crippen LogP contribution is 2.09. The molecule has 18 heavy (non-hydrogen) atoms. The standard InChI is InChI=1S/C13H19N5/c1-17(8-4-10-18-9-3-7-16-18)11-12-5-2-6-15-13(12)14/h2-3,5-7,9H,4,8,10-11H2,1H3,(H2,14,15). The summed E-state index contributed by atoms with van der Waals surface area (Å²) >= 11 is 0. The van der Waals surface area contributed by atoms with Gasteiger partial charge in [-0.15, -0.1) is 0 Å². The zero-order valence-corrected chi connectivity index (χ0v) is 10.7. The first kappa shape index (κ1) is 12.6. The van der Waals surface area contributed by atoms with Gasteiger partial charge in [-0.2, -0.15) is 5.10 Å². The molecule has 0 aliphatic carbocycles. The molecule has 0 aliphatic rings. The lowest BCUT2D eigenvalue weighted by Crippen LogP contribution is -2.21. The van der Waals surface area contributed by atoms with Crippen LogP contribution < -0.4 is 5.73 Å². The number of nitrogen functional groups attached to an aromatic ring is 1. The minimum atomic E-state index is 0.622. The Morgan fingerprint density at radius 1 is 1.33 bits per heavy atom. The van der Waals surface area contributed by atoms with Crippen LogP contribution in [0.15, 0.2) is 36.8 Å². The molecule has 0 bridgehead atoms. The maximum absolute atomic E-state index is 5.82. The molecule has 0 unspecified atom stereocenters. The van der Waals surface area contributed by atoms with Gasteiger partial charge in [0.2, 0.25) is 0 Å². The van der Waals surface area contributed by atoms with E-state index in [0.717, 1.165) is 31.6 Å². The molecule has 0 atom stereocenters. The molecule has 2 rings (SSSR count). The van der Waals surface area contributed by atoms with E-state index >= 15 is 0 Å². The van der Waals surface area contributed by atoms with E-state index in [1.807, 2.05) is 29.1 Å². The highest BCUT2D eigenvalue weighted by molar-refractivity contribution is 5.38. The first-order valence-corrected chi connectivity index (χ1v) is 6.11. The fourth-order valence-corrected chi connectivity index (χ4v) is 1.89. The smallest absolute Gasteiger partial charge is 0.127 e. The Bertz CT molecular complexity index is 466. The van der Waals surface area contributed by atoms with Crippen LogP contribution in [0.5, 0.6) is 0 Å². The second kappa shape index (κ2) is 6.16. The number of rotatable bonds is 6. The summed E-state index contributed by atoms with van der Waals surface area (Å²) in [5.41, 5.74) is 6.91. The van der Waals surface area contributed by atoms with Gasteiger partial charge >= 0.3 is 0 Å². The molecule has 0 fully saturated rings. The van der Waals surface area contributed by atoms with Crippen LogP contribution in [0.2, 0.25) is 0 Å². The molecule has 96 valence electrons. The third-order valence-electron chi connectivity index (χ3n) is 2.85. The Morgan fingerprint density at radius 2 is 2.22 bits per heavy atom. The number of pyridine rings is 1. The second-order valence-corrected chi connectivity index (χ2v) is 4.41. The van der Waals surface area contributed by atoms with Gasteiger partial charge in [0.15, 0.2) is 0 Å². The van der Waals surface area contributed by atoms with Crippen molar-refractivity contribution in [3.63, 3.8) is 0 Å². The summed E-state index contributed by atoms with van der Waals surface area (Å²) in [6, 6.07) is 5.88. The highest BCUT2D eigenvalue weighted by atomic mass is 15.3. The molecule has 2 aromatic heterocycles. The van der Waals surface area contributed by atoms with E-state index < -0.39 is 0 Å². The molecule has 0 aromatic carbocycles. The van der Waals surface area contributed by atoms with E-state index in [1.165, 1.54) is 0 Å². The minimum absolute atomic E-state index is 0.622. The van der Waals surface area contributed by atoms with E-state index in [-0.39, 0.29) is 0 Å². The summed E-state index contributed by atoms with van der Waals surface area (Å²) in [4.78, 5) is 6.34. The van der Waals surface area contributed by atoms with Crippen LogP contribution in [0, 0.1) is 0 Å².